The maximum Gasteiger partial charge on any atom is 0.283 e. The predicted molar refractivity (Wildman–Crippen MR) is 125 cm³/mol. The largest absolute Gasteiger partial charge is 0.283 e. The van der Waals surface area contributed by atoms with Crippen molar-refractivity contribution in [3.05, 3.63) is 93.0 Å². The van der Waals surface area contributed by atoms with Crippen LogP contribution in [0.15, 0.2) is 65.0 Å². The molecule has 0 atom stereocenters. The number of thiazole rings is 1. The number of imide groups is 1. The third-order valence-corrected chi connectivity index (χ3v) is 7.40. The molecule has 33 heavy (non-hydrogen) atoms. The van der Waals surface area contributed by atoms with Crippen molar-refractivity contribution in [3.63, 3.8) is 0 Å². The summed E-state index contributed by atoms with van der Waals surface area (Å²) in [6.07, 6.45) is 0. The first-order valence-corrected chi connectivity index (χ1v) is 11.5. The second kappa shape index (κ2) is 8.12. The molecule has 1 aliphatic rings. The molecule has 0 bridgehead atoms. The Kier molecular flexibility index (Phi) is 5.12. The van der Waals surface area contributed by atoms with E-state index < -0.39 is 16.7 Å². The van der Waals surface area contributed by atoms with Gasteiger partial charge in [-0.15, -0.1) is 11.3 Å². The summed E-state index contributed by atoms with van der Waals surface area (Å²) in [6, 6.07) is 18.6. The quantitative estimate of drug-likeness (QED) is 0.170. The van der Waals surface area contributed by atoms with Crippen LogP contribution in [0.1, 0.15) is 31.8 Å². The molecule has 4 aromatic rings. The zero-order chi connectivity index (χ0) is 23.1. The molecule has 0 spiro atoms. The molecule has 1 aromatic heterocycles. The lowest BCUT2D eigenvalue weighted by molar-refractivity contribution is -0.385. The average Bonchev–Trinajstić information content (AvgIpc) is 3.35. The Hall–Kier alpha value is -4.07. The van der Waals surface area contributed by atoms with Crippen molar-refractivity contribution in [2.45, 2.75) is 10.1 Å². The van der Waals surface area contributed by atoms with E-state index in [4.69, 9.17) is 0 Å². The van der Waals surface area contributed by atoms with Crippen LogP contribution < -0.4 is 4.90 Å². The molecule has 0 fully saturated rings. The lowest BCUT2D eigenvalue weighted by Crippen LogP contribution is -2.29. The minimum Gasteiger partial charge on any atom is -0.268 e. The molecule has 2 amide bonds. The van der Waals surface area contributed by atoms with E-state index in [9.17, 15) is 25.0 Å². The average molecular weight is 473 g/mol. The second-order valence-electron chi connectivity index (χ2n) is 7.09. The Morgan fingerprint density at radius 1 is 1.09 bits per heavy atom. The summed E-state index contributed by atoms with van der Waals surface area (Å²) in [5, 5.41) is 20.6. The van der Waals surface area contributed by atoms with Crippen molar-refractivity contribution in [3.8, 4) is 6.07 Å². The normalized spacial score (nSPS) is 12.8. The van der Waals surface area contributed by atoms with Gasteiger partial charge < -0.3 is 0 Å². The van der Waals surface area contributed by atoms with E-state index in [0.717, 1.165) is 19.5 Å². The molecular formula is C23H12N4O4S2. The van der Waals surface area contributed by atoms with Crippen LogP contribution in [0.4, 0.5) is 11.4 Å². The number of aromatic nitrogens is 1. The molecule has 1 aliphatic heterocycles. The fourth-order valence-electron chi connectivity index (χ4n) is 3.64. The highest BCUT2D eigenvalue weighted by atomic mass is 32.2. The van der Waals surface area contributed by atoms with Gasteiger partial charge in [0, 0.05) is 11.8 Å². The fraction of sp³-hybridized carbons (Fsp3) is 0.0435. The number of hydrogen-bond acceptors (Lipinski definition) is 8. The minimum atomic E-state index is -0.714. The number of nitriles is 1. The number of benzene rings is 3. The fourth-order valence-corrected chi connectivity index (χ4v) is 5.75. The Balaban J connectivity index is 1.44. The number of fused-ring (bicyclic) bond motifs is 2. The topological polar surface area (TPSA) is 117 Å². The van der Waals surface area contributed by atoms with E-state index in [0.29, 0.717) is 22.5 Å². The molecule has 0 aliphatic carbocycles. The molecule has 3 aromatic carbocycles. The van der Waals surface area contributed by atoms with Crippen LogP contribution in [0.2, 0.25) is 0 Å². The van der Waals surface area contributed by atoms with E-state index in [-0.39, 0.29) is 16.8 Å². The molecule has 0 radical (unpaired) electrons. The van der Waals surface area contributed by atoms with Gasteiger partial charge in [-0.1, -0.05) is 36.0 Å². The van der Waals surface area contributed by atoms with Crippen molar-refractivity contribution < 1.29 is 14.5 Å². The maximum atomic E-state index is 13.0. The molecule has 160 valence electrons. The van der Waals surface area contributed by atoms with Crippen molar-refractivity contribution in [2.24, 2.45) is 0 Å². The Labute approximate surface area is 195 Å². The number of amides is 2. The molecule has 5 rings (SSSR count). The third kappa shape index (κ3) is 3.53. The van der Waals surface area contributed by atoms with Crippen LogP contribution in [-0.2, 0) is 5.75 Å². The van der Waals surface area contributed by atoms with E-state index in [1.807, 2.05) is 18.2 Å². The van der Waals surface area contributed by atoms with Crippen LogP contribution in [0.5, 0.6) is 0 Å². The first-order chi connectivity index (χ1) is 16.0. The van der Waals surface area contributed by atoms with Crippen LogP contribution in [0, 0.1) is 21.4 Å². The highest BCUT2D eigenvalue weighted by Gasteiger charge is 2.41. The number of carbonyl (C=O) groups is 2. The number of carbonyl (C=O) groups excluding carboxylic acids is 2. The molecule has 0 unspecified atom stereocenters. The van der Waals surface area contributed by atoms with Crippen LogP contribution in [-0.4, -0.2) is 21.7 Å². The maximum absolute atomic E-state index is 13.0. The van der Waals surface area contributed by atoms with Gasteiger partial charge in [0.2, 0.25) is 0 Å². The summed E-state index contributed by atoms with van der Waals surface area (Å²) >= 11 is 2.91. The Morgan fingerprint density at radius 3 is 2.70 bits per heavy atom. The SMILES string of the molecule is N#Cc1ccccc1CSc1nc2ccc(N3C(=O)c4cccc([N+](=O)[O-])c4C3=O)cc2s1. The van der Waals surface area contributed by atoms with Gasteiger partial charge in [-0.25, -0.2) is 9.88 Å². The van der Waals surface area contributed by atoms with Gasteiger partial charge >= 0.3 is 0 Å². The number of rotatable bonds is 5. The molecule has 0 saturated carbocycles. The third-order valence-electron chi connectivity index (χ3n) is 5.19. The van der Waals surface area contributed by atoms with Gasteiger partial charge in [0.15, 0.2) is 4.34 Å². The summed E-state index contributed by atoms with van der Waals surface area (Å²) in [4.78, 5) is 42.1. The Bertz CT molecular complexity index is 1520. The summed E-state index contributed by atoms with van der Waals surface area (Å²) in [5.74, 6) is -0.725. The Morgan fingerprint density at radius 2 is 1.91 bits per heavy atom. The summed E-state index contributed by atoms with van der Waals surface area (Å²) in [7, 11) is 0. The summed E-state index contributed by atoms with van der Waals surface area (Å²) < 4.78 is 1.56. The number of hydrogen-bond donors (Lipinski definition) is 0. The molecule has 8 nitrogen and oxygen atoms in total. The zero-order valence-corrected chi connectivity index (χ0v) is 18.4. The lowest BCUT2D eigenvalue weighted by atomic mass is 10.1. The van der Waals surface area contributed by atoms with Gasteiger partial charge in [-0.3, -0.25) is 19.7 Å². The van der Waals surface area contributed by atoms with Crippen LogP contribution in [0.3, 0.4) is 0 Å². The molecular weight excluding hydrogens is 460 g/mol. The first-order valence-electron chi connectivity index (χ1n) is 9.65. The number of nitro groups is 1. The number of nitrogens with zero attached hydrogens (tertiary/aromatic N) is 4. The standard InChI is InChI=1S/C23H12N4O4S2/c24-11-13-4-1-2-5-14(13)12-32-23-25-17-9-8-15(10-19(17)33-23)26-21(28)16-6-3-7-18(27(30)31)20(16)22(26)29/h1-10H,12H2. The predicted octanol–water partition coefficient (Wildman–Crippen LogP) is 5.17. The van der Waals surface area contributed by atoms with Gasteiger partial charge in [-0.05, 0) is 35.9 Å². The first kappa shape index (κ1) is 20.8. The van der Waals surface area contributed by atoms with Crippen molar-refractivity contribution in [1.82, 2.24) is 4.98 Å². The molecule has 0 saturated heterocycles. The van der Waals surface area contributed by atoms with Crippen LogP contribution in [0.25, 0.3) is 10.2 Å². The van der Waals surface area contributed by atoms with E-state index in [1.165, 1.54) is 41.3 Å². The van der Waals surface area contributed by atoms with Crippen molar-refractivity contribution in [2.75, 3.05) is 4.90 Å². The summed E-state index contributed by atoms with van der Waals surface area (Å²) in [5.41, 5.74) is 2.02. The monoisotopic (exact) mass is 472 g/mol. The highest BCUT2D eigenvalue weighted by Crippen LogP contribution is 2.37. The number of thioether (sulfide) groups is 1. The van der Waals surface area contributed by atoms with E-state index in [2.05, 4.69) is 11.1 Å². The molecule has 2 heterocycles. The number of nitro benzene ring substituents is 1. The van der Waals surface area contributed by atoms with Gasteiger partial charge in [0.25, 0.3) is 17.5 Å². The van der Waals surface area contributed by atoms with Crippen LogP contribution >= 0.6 is 23.1 Å². The van der Waals surface area contributed by atoms with Gasteiger partial charge in [0.05, 0.1) is 38.0 Å². The molecule has 10 heteroatoms. The molecule has 0 N–H and O–H groups in total. The minimum absolute atomic E-state index is 0.0194. The van der Waals surface area contributed by atoms with E-state index >= 15 is 0 Å². The lowest BCUT2D eigenvalue weighted by Gasteiger charge is -2.13. The van der Waals surface area contributed by atoms with E-state index in [1.54, 1.807) is 24.3 Å². The smallest absolute Gasteiger partial charge is 0.268 e. The van der Waals surface area contributed by atoms with Gasteiger partial charge in [-0.2, -0.15) is 5.26 Å². The van der Waals surface area contributed by atoms with Crippen molar-refractivity contribution in [1.29, 1.82) is 5.26 Å². The number of anilines is 1. The van der Waals surface area contributed by atoms with Crippen molar-refractivity contribution >= 4 is 56.5 Å². The van der Waals surface area contributed by atoms with Gasteiger partial charge in [0.1, 0.15) is 5.56 Å². The zero-order valence-electron chi connectivity index (χ0n) is 16.7. The second-order valence-corrected chi connectivity index (χ2v) is 9.35. The summed E-state index contributed by atoms with van der Waals surface area (Å²) in [6.45, 7) is 0. The highest BCUT2D eigenvalue weighted by molar-refractivity contribution is 8.00.